The number of benzene rings is 1. The van der Waals surface area contributed by atoms with Crippen LogP contribution in [0.5, 0.6) is 0 Å². The maximum atomic E-state index is 12.4. The lowest BCUT2D eigenvalue weighted by Crippen LogP contribution is -2.15. The Balaban J connectivity index is 2.87. The molecule has 1 aromatic carbocycles. The number of nitriles is 1. The number of halogens is 3. The second-order valence-corrected chi connectivity index (χ2v) is 4.92. The van der Waals surface area contributed by atoms with Crippen molar-refractivity contribution in [3.05, 3.63) is 53.3 Å². The van der Waals surface area contributed by atoms with Crippen LogP contribution in [0.1, 0.15) is 25.3 Å². The van der Waals surface area contributed by atoms with E-state index in [4.69, 9.17) is 5.26 Å². The highest BCUT2D eigenvalue weighted by atomic mass is 19.4. The number of anilines is 1. The van der Waals surface area contributed by atoms with Crippen LogP contribution in [0.4, 0.5) is 18.9 Å². The van der Waals surface area contributed by atoms with Crippen molar-refractivity contribution in [1.82, 2.24) is 0 Å². The van der Waals surface area contributed by atoms with Gasteiger partial charge in [0.2, 0.25) is 0 Å². The van der Waals surface area contributed by atoms with Crippen LogP contribution in [0.3, 0.4) is 0 Å². The Kier molecular flexibility index (Phi) is 5.96. The van der Waals surface area contributed by atoms with Gasteiger partial charge in [-0.2, -0.15) is 18.4 Å². The molecule has 0 fully saturated rings. The zero-order valence-corrected chi connectivity index (χ0v) is 12.4. The van der Waals surface area contributed by atoms with Crippen molar-refractivity contribution in [3.8, 4) is 6.07 Å². The molecule has 122 valence electrons. The molecule has 0 saturated carbocycles. The molecule has 0 atom stereocenters. The van der Waals surface area contributed by atoms with Crippen LogP contribution in [-0.2, 0) is 11.0 Å². The number of carbonyl (C=O) groups is 1. The van der Waals surface area contributed by atoms with E-state index in [2.05, 4.69) is 11.9 Å². The molecule has 1 amide bonds. The summed E-state index contributed by atoms with van der Waals surface area (Å²) in [5.74, 6) is -1.27. The highest BCUT2D eigenvalue weighted by Gasteiger charge is 2.30. The number of allylic oxidation sites excluding steroid dienone is 2. The standard InChI is InChI=1S/C16H15F3N2O2/c1-10(2)3-8-14(22)13(9-20)15(23)21-12-6-4-11(5-7-12)16(17,18)19/h4-7,22H,1,3,8H2,2H3,(H,21,23)/b14-13-. The molecule has 1 rings (SSSR count). The van der Waals surface area contributed by atoms with Crippen molar-refractivity contribution < 1.29 is 23.1 Å². The van der Waals surface area contributed by atoms with Gasteiger partial charge in [0.05, 0.1) is 5.56 Å². The summed E-state index contributed by atoms with van der Waals surface area (Å²) in [5.41, 5.74) is -0.470. The molecule has 0 aliphatic rings. The fourth-order valence-electron chi connectivity index (χ4n) is 1.64. The van der Waals surface area contributed by atoms with Crippen LogP contribution in [0.2, 0.25) is 0 Å². The van der Waals surface area contributed by atoms with Gasteiger partial charge in [-0.25, -0.2) is 0 Å². The van der Waals surface area contributed by atoms with Crippen molar-refractivity contribution in [2.45, 2.75) is 25.9 Å². The lowest BCUT2D eigenvalue weighted by atomic mass is 10.1. The highest BCUT2D eigenvalue weighted by molar-refractivity contribution is 6.06. The van der Waals surface area contributed by atoms with Crippen LogP contribution < -0.4 is 5.32 Å². The van der Waals surface area contributed by atoms with Crippen molar-refractivity contribution in [3.63, 3.8) is 0 Å². The normalized spacial score (nSPS) is 12.1. The maximum absolute atomic E-state index is 12.4. The van der Waals surface area contributed by atoms with E-state index in [9.17, 15) is 23.1 Å². The molecule has 0 aliphatic heterocycles. The summed E-state index contributed by atoms with van der Waals surface area (Å²) in [6.07, 6.45) is -3.98. The number of hydrogen-bond donors (Lipinski definition) is 2. The van der Waals surface area contributed by atoms with Gasteiger partial charge in [-0.3, -0.25) is 4.79 Å². The van der Waals surface area contributed by atoms with Crippen molar-refractivity contribution >= 4 is 11.6 Å². The number of rotatable bonds is 5. The summed E-state index contributed by atoms with van der Waals surface area (Å²) in [6, 6.07) is 5.35. The van der Waals surface area contributed by atoms with Crippen LogP contribution >= 0.6 is 0 Å². The summed E-state index contributed by atoms with van der Waals surface area (Å²) < 4.78 is 37.3. The van der Waals surface area contributed by atoms with Crippen LogP contribution in [0, 0.1) is 11.3 Å². The van der Waals surface area contributed by atoms with Gasteiger partial charge >= 0.3 is 6.18 Å². The predicted octanol–water partition coefficient (Wildman–Crippen LogP) is 4.34. The minimum atomic E-state index is -4.47. The van der Waals surface area contributed by atoms with E-state index in [0.717, 1.165) is 29.8 Å². The van der Waals surface area contributed by atoms with Gasteiger partial charge in [0, 0.05) is 12.1 Å². The number of hydrogen-bond acceptors (Lipinski definition) is 3. The molecule has 0 saturated heterocycles. The number of amides is 1. The summed E-state index contributed by atoms with van der Waals surface area (Å²) in [6.45, 7) is 5.38. The molecule has 0 spiro atoms. The van der Waals surface area contributed by atoms with E-state index < -0.39 is 23.2 Å². The van der Waals surface area contributed by atoms with Crippen LogP contribution in [0.25, 0.3) is 0 Å². The van der Waals surface area contributed by atoms with Gasteiger partial charge in [-0.05, 0) is 37.6 Å². The molecule has 2 N–H and O–H groups in total. The SMILES string of the molecule is C=C(C)CC/C(O)=C(\C#N)C(=O)Nc1ccc(C(F)(F)F)cc1. The molecule has 0 unspecified atom stereocenters. The Morgan fingerprint density at radius 1 is 1.30 bits per heavy atom. The van der Waals surface area contributed by atoms with Crippen LogP contribution in [-0.4, -0.2) is 11.0 Å². The van der Waals surface area contributed by atoms with Gasteiger partial charge in [-0.1, -0.05) is 5.57 Å². The Hall–Kier alpha value is -2.75. The van der Waals surface area contributed by atoms with Crippen molar-refractivity contribution in [1.29, 1.82) is 5.26 Å². The number of carbonyl (C=O) groups excluding carboxylic acids is 1. The fraction of sp³-hybridized carbons (Fsp3) is 0.250. The molecule has 7 heteroatoms. The smallest absolute Gasteiger partial charge is 0.416 e. The van der Waals surface area contributed by atoms with E-state index in [1.54, 1.807) is 13.0 Å². The van der Waals surface area contributed by atoms with E-state index in [-0.39, 0.29) is 17.9 Å². The molecule has 0 aromatic heterocycles. The zero-order chi connectivity index (χ0) is 17.6. The first-order valence-corrected chi connectivity index (χ1v) is 6.60. The minimum absolute atomic E-state index is 0.0820. The van der Waals surface area contributed by atoms with E-state index >= 15 is 0 Å². The fourth-order valence-corrected chi connectivity index (χ4v) is 1.64. The maximum Gasteiger partial charge on any atom is 0.416 e. The van der Waals surface area contributed by atoms with Gasteiger partial charge in [0.15, 0.2) is 5.57 Å². The van der Waals surface area contributed by atoms with Gasteiger partial charge < -0.3 is 10.4 Å². The monoisotopic (exact) mass is 324 g/mol. The average molecular weight is 324 g/mol. The first-order chi connectivity index (χ1) is 10.6. The minimum Gasteiger partial charge on any atom is -0.511 e. The quantitative estimate of drug-likeness (QED) is 0.366. The average Bonchev–Trinajstić information content (AvgIpc) is 2.45. The zero-order valence-electron chi connectivity index (χ0n) is 12.4. The topological polar surface area (TPSA) is 73.1 Å². The van der Waals surface area contributed by atoms with Gasteiger partial charge in [-0.15, -0.1) is 6.58 Å². The second-order valence-electron chi connectivity index (χ2n) is 4.92. The third kappa shape index (κ3) is 5.51. The molecular weight excluding hydrogens is 309 g/mol. The number of nitrogens with zero attached hydrogens (tertiary/aromatic N) is 1. The van der Waals surface area contributed by atoms with E-state index in [1.165, 1.54) is 0 Å². The first kappa shape index (κ1) is 18.3. The Labute approximate surface area is 131 Å². The molecule has 4 nitrogen and oxygen atoms in total. The third-order valence-electron chi connectivity index (χ3n) is 2.89. The number of alkyl halides is 3. The van der Waals surface area contributed by atoms with E-state index in [1.807, 2.05) is 0 Å². The highest BCUT2D eigenvalue weighted by Crippen LogP contribution is 2.29. The summed E-state index contributed by atoms with van der Waals surface area (Å²) in [5, 5.41) is 21.0. The number of aliphatic hydroxyl groups excluding tert-OH is 1. The Bertz CT molecular complexity index is 668. The molecule has 1 aromatic rings. The molecule has 23 heavy (non-hydrogen) atoms. The molecule has 0 heterocycles. The first-order valence-electron chi connectivity index (χ1n) is 6.60. The summed E-state index contributed by atoms with van der Waals surface area (Å²) >= 11 is 0. The van der Waals surface area contributed by atoms with Gasteiger partial charge in [0.1, 0.15) is 11.8 Å². The summed E-state index contributed by atoms with van der Waals surface area (Å²) in [4.78, 5) is 11.9. The molecule has 0 bridgehead atoms. The Morgan fingerprint density at radius 2 is 1.87 bits per heavy atom. The number of aliphatic hydroxyl groups is 1. The number of nitrogens with one attached hydrogen (secondary N) is 1. The lowest BCUT2D eigenvalue weighted by molar-refractivity contribution is -0.137. The second kappa shape index (κ2) is 7.49. The predicted molar refractivity (Wildman–Crippen MR) is 79.4 cm³/mol. The van der Waals surface area contributed by atoms with Crippen molar-refractivity contribution in [2.75, 3.05) is 5.32 Å². The largest absolute Gasteiger partial charge is 0.511 e. The van der Waals surface area contributed by atoms with Gasteiger partial charge in [0.25, 0.3) is 5.91 Å². The molecule has 0 radical (unpaired) electrons. The third-order valence-corrected chi connectivity index (χ3v) is 2.89. The lowest BCUT2D eigenvalue weighted by Gasteiger charge is -2.09. The Morgan fingerprint density at radius 3 is 2.30 bits per heavy atom. The van der Waals surface area contributed by atoms with Crippen LogP contribution in [0.15, 0.2) is 47.7 Å². The molecule has 0 aliphatic carbocycles. The summed E-state index contributed by atoms with van der Waals surface area (Å²) in [7, 11) is 0. The molecular formula is C16H15F3N2O2. The van der Waals surface area contributed by atoms with E-state index in [0.29, 0.717) is 6.42 Å². The van der Waals surface area contributed by atoms with Crippen molar-refractivity contribution in [2.24, 2.45) is 0 Å².